The van der Waals surface area contributed by atoms with Gasteiger partial charge >= 0.3 is 0 Å². The van der Waals surface area contributed by atoms with Gasteiger partial charge in [0, 0.05) is 16.6 Å². The van der Waals surface area contributed by atoms with Crippen LogP contribution in [0.4, 0.5) is 5.69 Å². The van der Waals surface area contributed by atoms with Gasteiger partial charge in [-0.15, -0.1) is 11.3 Å². The van der Waals surface area contributed by atoms with Crippen LogP contribution < -0.4 is 15.8 Å². The highest BCUT2D eigenvalue weighted by Crippen LogP contribution is 2.30. The monoisotopic (exact) mass is 359 g/mol. The highest BCUT2D eigenvalue weighted by atomic mass is 35.5. The molecule has 5 nitrogen and oxygen atoms in total. The number of nitrogens with two attached hydrogens (primary N) is 1. The maximum absolute atomic E-state index is 11.1. The Morgan fingerprint density at radius 1 is 1.21 bits per heavy atom. The Bertz CT molecular complexity index is 849. The van der Waals surface area contributed by atoms with E-state index in [1.165, 1.54) is 11.3 Å². The largest absolute Gasteiger partial charge is 0.455 e. The summed E-state index contributed by atoms with van der Waals surface area (Å²) < 4.78 is 6.40. The van der Waals surface area contributed by atoms with E-state index in [-0.39, 0.29) is 0 Å². The maximum atomic E-state index is 11.1. The Hall–Kier alpha value is -2.57. The molecule has 3 aromatic rings. The highest BCUT2D eigenvalue weighted by Gasteiger charge is 2.07. The summed E-state index contributed by atoms with van der Waals surface area (Å²) in [5.74, 6) is 0.835. The quantitative estimate of drug-likeness (QED) is 0.687. The van der Waals surface area contributed by atoms with E-state index in [4.69, 9.17) is 22.1 Å². The molecule has 0 saturated heterocycles. The number of primary amides is 1. The summed E-state index contributed by atoms with van der Waals surface area (Å²) in [6.07, 6.45) is 1.74. The SMILES string of the molecule is NC(=O)c1ccc(Oc2ccccc2NCc2cnc(Cl)s2)cc1. The number of para-hydroxylation sites is 2. The molecular formula is C17H14ClN3O2S. The summed E-state index contributed by atoms with van der Waals surface area (Å²) in [4.78, 5) is 16.1. The Balaban J connectivity index is 1.72. The van der Waals surface area contributed by atoms with Crippen molar-refractivity contribution < 1.29 is 9.53 Å². The fourth-order valence-corrected chi connectivity index (χ4v) is 2.98. The number of nitrogens with one attached hydrogen (secondary N) is 1. The lowest BCUT2D eigenvalue weighted by molar-refractivity contribution is 0.100. The number of amides is 1. The van der Waals surface area contributed by atoms with E-state index in [2.05, 4.69) is 10.3 Å². The third kappa shape index (κ3) is 4.04. The molecule has 7 heteroatoms. The molecule has 0 fully saturated rings. The first-order valence-electron chi connectivity index (χ1n) is 7.12. The Morgan fingerprint density at radius 3 is 2.62 bits per heavy atom. The van der Waals surface area contributed by atoms with Crippen LogP contribution in [-0.4, -0.2) is 10.9 Å². The third-order valence-electron chi connectivity index (χ3n) is 3.23. The molecule has 0 atom stereocenters. The summed E-state index contributed by atoms with van der Waals surface area (Å²) in [6.45, 7) is 0.603. The first kappa shape index (κ1) is 16.3. The summed E-state index contributed by atoms with van der Waals surface area (Å²) in [5.41, 5.74) is 6.52. The predicted octanol–water partition coefficient (Wildman–Crippen LogP) is 4.30. The number of nitrogens with zero attached hydrogens (tertiary/aromatic N) is 1. The van der Waals surface area contributed by atoms with E-state index in [1.807, 2.05) is 24.3 Å². The van der Waals surface area contributed by atoms with Gasteiger partial charge in [-0.25, -0.2) is 4.98 Å². The van der Waals surface area contributed by atoms with Crippen LogP contribution in [0.5, 0.6) is 11.5 Å². The van der Waals surface area contributed by atoms with Crippen LogP contribution in [0.3, 0.4) is 0 Å². The van der Waals surface area contributed by atoms with Crippen molar-refractivity contribution in [1.29, 1.82) is 0 Å². The number of hydrogen-bond donors (Lipinski definition) is 2. The van der Waals surface area contributed by atoms with E-state index >= 15 is 0 Å². The standard InChI is InChI=1S/C17H14ClN3O2S/c18-17-21-10-13(24-17)9-20-14-3-1-2-4-15(14)23-12-7-5-11(6-8-12)16(19)22/h1-8,10,20H,9H2,(H2,19,22). The minimum Gasteiger partial charge on any atom is -0.455 e. The lowest BCUT2D eigenvalue weighted by Crippen LogP contribution is -2.10. The molecule has 0 radical (unpaired) electrons. The van der Waals surface area contributed by atoms with Gasteiger partial charge in [0.1, 0.15) is 5.75 Å². The minimum atomic E-state index is -0.466. The van der Waals surface area contributed by atoms with E-state index in [9.17, 15) is 4.79 Å². The lowest BCUT2D eigenvalue weighted by atomic mass is 10.2. The van der Waals surface area contributed by atoms with Crippen molar-refractivity contribution in [3.8, 4) is 11.5 Å². The molecule has 3 N–H and O–H groups in total. The second-order valence-corrected chi connectivity index (χ2v) is 6.62. The van der Waals surface area contributed by atoms with Crippen molar-refractivity contribution in [3.63, 3.8) is 0 Å². The Morgan fingerprint density at radius 2 is 1.96 bits per heavy atom. The summed E-state index contributed by atoms with van der Waals surface area (Å²) >= 11 is 7.27. The number of rotatable bonds is 6. The van der Waals surface area contributed by atoms with Crippen molar-refractivity contribution in [2.24, 2.45) is 5.73 Å². The molecule has 0 aliphatic heterocycles. The lowest BCUT2D eigenvalue weighted by Gasteiger charge is -2.12. The van der Waals surface area contributed by atoms with Gasteiger partial charge < -0.3 is 15.8 Å². The van der Waals surface area contributed by atoms with Gasteiger partial charge in [0.05, 0.1) is 12.2 Å². The van der Waals surface area contributed by atoms with Crippen molar-refractivity contribution >= 4 is 34.5 Å². The first-order chi connectivity index (χ1) is 11.6. The molecule has 122 valence electrons. The number of benzene rings is 2. The third-order valence-corrected chi connectivity index (χ3v) is 4.35. The van der Waals surface area contributed by atoms with Gasteiger partial charge in [0.25, 0.3) is 0 Å². The van der Waals surface area contributed by atoms with Crippen molar-refractivity contribution in [1.82, 2.24) is 4.98 Å². The average Bonchev–Trinajstić information content (AvgIpc) is 3.00. The zero-order valence-electron chi connectivity index (χ0n) is 12.5. The van der Waals surface area contributed by atoms with E-state index in [1.54, 1.807) is 30.5 Å². The smallest absolute Gasteiger partial charge is 0.248 e. The average molecular weight is 360 g/mol. The zero-order valence-corrected chi connectivity index (χ0v) is 14.1. The number of carbonyl (C=O) groups excluding carboxylic acids is 1. The van der Waals surface area contributed by atoms with E-state index < -0.39 is 5.91 Å². The number of hydrogen-bond acceptors (Lipinski definition) is 5. The first-order valence-corrected chi connectivity index (χ1v) is 8.32. The molecule has 3 rings (SSSR count). The molecule has 0 spiro atoms. The molecule has 1 amide bonds. The number of aromatic nitrogens is 1. The summed E-state index contributed by atoms with van der Waals surface area (Å²) in [7, 11) is 0. The van der Waals surface area contributed by atoms with Gasteiger partial charge in [-0.3, -0.25) is 4.79 Å². The highest BCUT2D eigenvalue weighted by molar-refractivity contribution is 7.15. The van der Waals surface area contributed by atoms with Gasteiger partial charge in [0.15, 0.2) is 10.2 Å². The van der Waals surface area contributed by atoms with Gasteiger partial charge in [0.2, 0.25) is 5.91 Å². The van der Waals surface area contributed by atoms with Gasteiger partial charge in [-0.05, 0) is 36.4 Å². The van der Waals surface area contributed by atoms with Crippen LogP contribution in [0.15, 0.2) is 54.7 Å². The number of ether oxygens (including phenoxy) is 1. The fourth-order valence-electron chi connectivity index (χ4n) is 2.06. The molecule has 1 aromatic heterocycles. The van der Waals surface area contributed by atoms with Crippen LogP contribution in [0, 0.1) is 0 Å². The molecule has 24 heavy (non-hydrogen) atoms. The molecule has 0 bridgehead atoms. The van der Waals surface area contributed by atoms with Crippen molar-refractivity contribution in [3.05, 3.63) is 69.6 Å². The van der Waals surface area contributed by atoms with Crippen LogP contribution >= 0.6 is 22.9 Å². The van der Waals surface area contributed by atoms with Crippen LogP contribution in [0.25, 0.3) is 0 Å². The molecule has 0 saturated carbocycles. The molecule has 0 aliphatic carbocycles. The van der Waals surface area contributed by atoms with Crippen LogP contribution in [0.1, 0.15) is 15.2 Å². The Labute approximate surface area is 148 Å². The van der Waals surface area contributed by atoms with E-state index in [0.717, 1.165) is 10.6 Å². The predicted molar refractivity (Wildman–Crippen MR) is 95.9 cm³/mol. The fraction of sp³-hybridized carbons (Fsp3) is 0.0588. The molecule has 0 unspecified atom stereocenters. The zero-order chi connectivity index (χ0) is 16.9. The second kappa shape index (κ2) is 7.33. The molecule has 1 heterocycles. The Kier molecular flexibility index (Phi) is 4.98. The van der Waals surface area contributed by atoms with Gasteiger partial charge in [-0.1, -0.05) is 23.7 Å². The van der Waals surface area contributed by atoms with Crippen LogP contribution in [-0.2, 0) is 6.54 Å². The van der Waals surface area contributed by atoms with Crippen LogP contribution in [0.2, 0.25) is 4.47 Å². The summed E-state index contributed by atoms with van der Waals surface area (Å²) in [5, 5.41) is 3.31. The number of anilines is 1. The number of thiazole rings is 1. The van der Waals surface area contributed by atoms with Crippen molar-refractivity contribution in [2.45, 2.75) is 6.54 Å². The maximum Gasteiger partial charge on any atom is 0.248 e. The second-order valence-electron chi connectivity index (χ2n) is 4.92. The molecular weight excluding hydrogens is 346 g/mol. The number of halogens is 1. The number of carbonyl (C=O) groups is 1. The molecule has 2 aromatic carbocycles. The molecule has 0 aliphatic rings. The minimum absolute atomic E-state index is 0.441. The normalized spacial score (nSPS) is 10.4. The van der Waals surface area contributed by atoms with E-state index in [0.29, 0.717) is 28.1 Å². The van der Waals surface area contributed by atoms with Gasteiger partial charge in [-0.2, -0.15) is 0 Å². The van der Waals surface area contributed by atoms with Crippen molar-refractivity contribution in [2.75, 3.05) is 5.32 Å². The topological polar surface area (TPSA) is 77.2 Å². The summed E-state index contributed by atoms with van der Waals surface area (Å²) in [6, 6.07) is 14.3.